The lowest BCUT2D eigenvalue weighted by Gasteiger charge is -2.03. The number of benzene rings is 2. The Bertz CT molecular complexity index is 541. The molecule has 19 heavy (non-hydrogen) atoms. The highest BCUT2D eigenvalue weighted by Crippen LogP contribution is 2.26. The third kappa shape index (κ3) is 5.14. The third-order valence-corrected chi connectivity index (χ3v) is 3.19. The van der Waals surface area contributed by atoms with Crippen molar-refractivity contribution in [2.75, 3.05) is 12.3 Å². The van der Waals surface area contributed by atoms with Crippen LogP contribution in [-0.4, -0.2) is 17.5 Å². The van der Waals surface area contributed by atoms with Gasteiger partial charge in [-0.05, 0) is 11.5 Å². The van der Waals surface area contributed by atoms with Gasteiger partial charge in [0.1, 0.15) is 0 Å². The molecule has 0 heterocycles. The van der Waals surface area contributed by atoms with Gasteiger partial charge < -0.3 is 11.5 Å². The summed E-state index contributed by atoms with van der Waals surface area (Å²) in [6.07, 6.45) is 0. The summed E-state index contributed by atoms with van der Waals surface area (Å²) < 4.78 is 0. The van der Waals surface area contributed by atoms with E-state index in [1.807, 2.05) is 24.3 Å². The van der Waals surface area contributed by atoms with Gasteiger partial charge in [0.15, 0.2) is 5.17 Å². The average molecular weight is 407 g/mol. The lowest BCUT2D eigenvalue weighted by molar-refractivity contribution is 1.15. The summed E-state index contributed by atoms with van der Waals surface area (Å²) in [4.78, 5) is 4.43. The van der Waals surface area contributed by atoms with Crippen LogP contribution in [0.25, 0.3) is 10.8 Å². The predicted molar refractivity (Wildman–Crippen MR) is 97.4 cm³/mol. The maximum absolute atomic E-state index is 5.84. The van der Waals surface area contributed by atoms with Crippen molar-refractivity contribution < 1.29 is 0 Å². The standard InChI is InChI=1S/C13H15N3S.2BrH/c14-8-9-17-13(15)16-12-7-3-5-10-4-1-2-6-11(10)12;;/h1-7H,8-9,14H2,(H2,15,16);2*1H. The molecule has 0 bridgehead atoms. The van der Waals surface area contributed by atoms with E-state index in [4.69, 9.17) is 11.5 Å². The zero-order chi connectivity index (χ0) is 12.1. The van der Waals surface area contributed by atoms with Crippen molar-refractivity contribution in [2.45, 2.75) is 0 Å². The number of aliphatic imine (C=N–C) groups is 1. The molecular formula is C13H17Br2N3S. The van der Waals surface area contributed by atoms with E-state index >= 15 is 0 Å². The minimum absolute atomic E-state index is 0. The van der Waals surface area contributed by atoms with Crippen molar-refractivity contribution in [3.63, 3.8) is 0 Å². The highest BCUT2D eigenvalue weighted by molar-refractivity contribution is 8.93. The van der Waals surface area contributed by atoms with Crippen LogP contribution in [0.5, 0.6) is 0 Å². The smallest absolute Gasteiger partial charge is 0.159 e. The molecule has 104 valence electrons. The molecule has 4 N–H and O–H groups in total. The van der Waals surface area contributed by atoms with Crippen LogP contribution in [0.3, 0.4) is 0 Å². The SMILES string of the molecule is Br.Br.NCCSC(N)=Nc1cccc2ccccc12. The summed E-state index contributed by atoms with van der Waals surface area (Å²) in [6, 6.07) is 14.2. The van der Waals surface area contributed by atoms with Gasteiger partial charge in [-0.1, -0.05) is 48.2 Å². The summed E-state index contributed by atoms with van der Waals surface area (Å²) in [6.45, 7) is 0.608. The number of amidine groups is 1. The van der Waals surface area contributed by atoms with Crippen LogP contribution < -0.4 is 11.5 Å². The second-order valence-corrected chi connectivity index (χ2v) is 4.70. The molecule has 0 aliphatic carbocycles. The summed E-state index contributed by atoms with van der Waals surface area (Å²) in [5.74, 6) is 0.792. The van der Waals surface area contributed by atoms with Gasteiger partial charge in [0.2, 0.25) is 0 Å². The topological polar surface area (TPSA) is 64.4 Å². The van der Waals surface area contributed by atoms with Crippen LogP contribution in [0.2, 0.25) is 0 Å². The highest BCUT2D eigenvalue weighted by Gasteiger charge is 1.99. The number of rotatable bonds is 3. The van der Waals surface area contributed by atoms with Gasteiger partial charge in [-0.3, -0.25) is 0 Å². The normalized spacial score (nSPS) is 10.7. The van der Waals surface area contributed by atoms with E-state index in [9.17, 15) is 0 Å². The van der Waals surface area contributed by atoms with Crippen molar-refractivity contribution in [1.82, 2.24) is 0 Å². The molecule has 0 amide bonds. The van der Waals surface area contributed by atoms with Crippen molar-refractivity contribution in [2.24, 2.45) is 16.5 Å². The first-order valence-corrected chi connectivity index (χ1v) is 6.44. The van der Waals surface area contributed by atoms with Crippen LogP contribution in [0, 0.1) is 0 Å². The minimum atomic E-state index is 0. The number of thioether (sulfide) groups is 1. The zero-order valence-corrected chi connectivity index (χ0v) is 14.5. The molecule has 2 aromatic rings. The zero-order valence-electron chi connectivity index (χ0n) is 10.3. The van der Waals surface area contributed by atoms with Crippen LogP contribution in [-0.2, 0) is 0 Å². The summed E-state index contributed by atoms with van der Waals surface area (Å²) >= 11 is 1.48. The molecule has 3 nitrogen and oxygen atoms in total. The van der Waals surface area contributed by atoms with Gasteiger partial charge in [0.25, 0.3) is 0 Å². The Morgan fingerprint density at radius 2 is 1.74 bits per heavy atom. The highest BCUT2D eigenvalue weighted by atomic mass is 79.9. The fourth-order valence-electron chi connectivity index (χ4n) is 1.62. The molecule has 0 aliphatic heterocycles. The molecule has 2 rings (SSSR count). The van der Waals surface area contributed by atoms with Crippen molar-refractivity contribution in [3.8, 4) is 0 Å². The Morgan fingerprint density at radius 3 is 2.47 bits per heavy atom. The Labute approximate surface area is 138 Å². The Morgan fingerprint density at radius 1 is 1.05 bits per heavy atom. The van der Waals surface area contributed by atoms with Crippen LogP contribution in [0.4, 0.5) is 5.69 Å². The molecule has 0 atom stereocenters. The van der Waals surface area contributed by atoms with E-state index in [-0.39, 0.29) is 34.0 Å². The van der Waals surface area contributed by atoms with Crippen LogP contribution >= 0.6 is 45.7 Å². The average Bonchev–Trinajstić information content (AvgIpc) is 2.37. The summed E-state index contributed by atoms with van der Waals surface area (Å²) in [5.41, 5.74) is 12.2. The molecule has 0 radical (unpaired) electrons. The molecule has 6 heteroatoms. The minimum Gasteiger partial charge on any atom is -0.378 e. The Kier molecular flexibility index (Phi) is 9.08. The van der Waals surface area contributed by atoms with Gasteiger partial charge in [0.05, 0.1) is 5.69 Å². The largest absolute Gasteiger partial charge is 0.378 e. The number of nitrogens with two attached hydrogens (primary N) is 2. The van der Waals surface area contributed by atoms with Crippen molar-refractivity contribution in [3.05, 3.63) is 42.5 Å². The molecule has 0 spiro atoms. The van der Waals surface area contributed by atoms with E-state index in [1.165, 1.54) is 17.1 Å². The number of hydrogen-bond donors (Lipinski definition) is 2. The maximum atomic E-state index is 5.84. The molecular weight excluding hydrogens is 390 g/mol. The monoisotopic (exact) mass is 405 g/mol. The molecule has 0 aromatic heterocycles. The first kappa shape index (κ1) is 18.4. The number of nitrogens with zero attached hydrogens (tertiary/aromatic N) is 1. The third-order valence-electron chi connectivity index (χ3n) is 2.37. The van der Waals surface area contributed by atoms with E-state index < -0.39 is 0 Å². The van der Waals surface area contributed by atoms with Crippen LogP contribution in [0.1, 0.15) is 0 Å². The first-order valence-electron chi connectivity index (χ1n) is 5.46. The van der Waals surface area contributed by atoms with Gasteiger partial charge >= 0.3 is 0 Å². The van der Waals surface area contributed by atoms with Crippen molar-refractivity contribution in [1.29, 1.82) is 0 Å². The van der Waals surface area contributed by atoms with Gasteiger partial charge in [-0.2, -0.15) is 0 Å². The molecule has 0 unspecified atom stereocenters. The lowest BCUT2D eigenvalue weighted by Crippen LogP contribution is -2.10. The molecule has 2 aromatic carbocycles. The predicted octanol–water partition coefficient (Wildman–Crippen LogP) is 3.63. The van der Waals surface area contributed by atoms with Gasteiger partial charge in [-0.25, -0.2) is 4.99 Å². The summed E-state index contributed by atoms with van der Waals surface area (Å²) in [7, 11) is 0. The van der Waals surface area contributed by atoms with Crippen molar-refractivity contribution >= 4 is 67.4 Å². The molecule has 0 fully saturated rings. The van der Waals surface area contributed by atoms with E-state index in [2.05, 4.69) is 23.2 Å². The Hall–Kier alpha value is -0.560. The second kappa shape index (κ2) is 9.36. The van der Waals surface area contributed by atoms with E-state index in [0.29, 0.717) is 11.7 Å². The van der Waals surface area contributed by atoms with Gasteiger partial charge in [0, 0.05) is 17.7 Å². The van der Waals surface area contributed by atoms with Crippen LogP contribution in [0.15, 0.2) is 47.5 Å². The number of fused-ring (bicyclic) bond motifs is 1. The first-order chi connectivity index (χ1) is 8.31. The fourth-order valence-corrected chi connectivity index (χ4v) is 2.11. The molecule has 0 saturated heterocycles. The quantitative estimate of drug-likeness (QED) is 0.604. The van der Waals surface area contributed by atoms with Gasteiger partial charge in [-0.15, -0.1) is 34.0 Å². The number of halogens is 2. The maximum Gasteiger partial charge on any atom is 0.159 e. The fraction of sp³-hybridized carbons (Fsp3) is 0.154. The molecule has 0 aliphatic rings. The van der Waals surface area contributed by atoms with E-state index in [1.54, 1.807) is 0 Å². The Balaban J connectivity index is 0.00000162. The lowest BCUT2D eigenvalue weighted by atomic mass is 10.1. The number of hydrogen-bond acceptors (Lipinski definition) is 3. The second-order valence-electron chi connectivity index (χ2n) is 3.59. The van der Waals surface area contributed by atoms with E-state index in [0.717, 1.165) is 16.8 Å². The molecule has 0 saturated carbocycles. The summed E-state index contributed by atoms with van der Waals surface area (Å²) in [5, 5.41) is 2.85.